The van der Waals surface area contributed by atoms with E-state index in [1.807, 2.05) is 43.1 Å². The number of hydrogen-bond acceptors (Lipinski definition) is 4. The van der Waals surface area contributed by atoms with Gasteiger partial charge in [0.2, 0.25) is 0 Å². The molecule has 0 unspecified atom stereocenters. The molecule has 2 fully saturated rings. The molecule has 1 aromatic carbocycles. The number of H-pyrrole nitrogens is 1. The van der Waals surface area contributed by atoms with Crippen LogP contribution in [0.25, 0.3) is 10.9 Å². The molecular weight excluding hydrogens is 416 g/mol. The van der Waals surface area contributed by atoms with Gasteiger partial charge in [-0.25, -0.2) is 4.79 Å². The van der Waals surface area contributed by atoms with Crippen molar-refractivity contribution in [3.05, 3.63) is 41.6 Å². The van der Waals surface area contributed by atoms with Gasteiger partial charge in [-0.1, -0.05) is 11.6 Å². The molecule has 6 heteroatoms. The van der Waals surface area contributed by atoms with Crippen LogP contribution in [0.4, 0.5) is 4.79 Å². The summed E-state index contributed by atoms with van der Waals surface area (Å²) in [6.07, 6.45) is 9.32. The van der Waals surface area contributed by atoms with E-state index >= 15 is 0 Å². The third kappa shape index (κ3) is 4.37. The number of carbonyl (C=O) groups is 1. The van der Waals surface area contributed by atoms with E-state index in [-0.39, 0.29) is 11.7 Å². The van der Waals surface area contributed by atoms with Crippen LogP contribution in [0.5, 0.6) is 5.75 Å². The number of ether oxygens (including phenoxy) is 3. The summed E-state index contributed by atoms with van der Waals surface area (Å²) in [6, 6.07) is 6.01. The third-order valence-corrected chi connectivity index (χ3v) is 7.64. The molecule has 33 heavy (non-hydrogen) atoms. The van der Waals surface area contributed by atoms with Crippen LogP contribution in [0.15, 0.2) is 36.0 Å². The molecule has 0 aliphatic carbocycles. The van der Waals surface area contributed by atoms with Gasteiger partial charge in [0, 0.05) is 23.6 Å². The maximum absolute atomic E-state index is 13.1. The first-order chi connectivity index (χ1) is 15.6. The Bertz CT molecular complexity index is 1060. The molecule has 6 nitrogen and oxygen atoms in total. The number of fused-ring (bicyclic) bond motifs is 2. The fourth-order valence-corrected chi connectivity index (χ4v) is 5.45. The second-order valence-electron chi connectivity index (χ2n) is 10.4. The molecule has 3 atom stereocenters. The average Bonchev–Trinajstić information content (AvgIpc) is 3.18. The minimum absolute atomic E-state index is 0.286. The van der Waals surface area contributed by atoms with E-state index in [0.717, 1.165) is 54.3 Å². The van der Waals surface area contributed by atoms with Gasteiger partial charge < -0.3 is 19.2 Å². The van der Waals surface area contributed by atoms with Gasteiger partial charge in [0.1, 0.15) is 5.75 Å². The number of methoxy groups -OCH3 is 1. The van der Waals surface area contributed by atoms with E-state index in [0.29, 0.717) is 13.0 Å². The molecule has 1 amide bonds. The van der Waals surface area contributed by atoms with E-state index < -0.39 is 11.3 Å². The number of allylic oxidation sites excluding steroid dienone is 2. The zero-order valence-electron chi connectivity index (χ0n) is 20.9. The average molecular weight is 455 g/mol. The zero-order chi connectivity index (χ0) is 23.9. The molecule has 180 valence electrons. The van der Waals surface area contributed by atoms with Crippen molar-refractivity contribution in [3.63, 3.8) is 0 Å². The van der Waals surface area contributed by atoms with E-state index in [9.17, 15) is 4.79 Å². The topological polar surface area (TPSA) is 63.8 Å². The molecule has 1 N–H and O–H groups in total. The first-order valence-corrected chi connectivity index (χ1v) is 12.1. The molecule has 2 aromatic rings. The van der Waals surface area contributed by atoms with E-state index in [4.69, 9.17) is 14.2 Å². The highest BCUT2D eigenvalue weighted by atomic mass is 16.6. The van der Waals surface area contributed by atoms with Gasteiger partial charge in [0.15, 0.2) is 11.3 Å². The highest BCUT2D eigenvalue weighted by molar-refractivity contribution is 5.84. The lowest BCUT2D eigenvalue weighted by Gasteiger charge is -2.45. The van der Waals surface area contributed by atoms with E-state index in [1.165, 1.54) is 5.57 Å². The third-order valence-electron chi connectivity index (χ3n) is 7.64. The molecule has 4 rings (SSSR count). The summed E-state index contributed by atoms with van der Waals surface area (Å²) in [5, 5.41) is 1.11. The number of hydrogen-bond donors (Lipinski definition) is 1. The second kappa shape index (κ2) is 8.71. The molecule has 0 saturated carbocycles. The van der Waals surface area contributed by atoms with Crippen molar-refractivity contribution >= 4 is 17.0 Å². The minimum Gasteiger partial charge on any atom is -0.497 e. The van der Waals surface area contributed by atoms with Crippen LogP contribution in [0.3, 0.4) is 0 Å². The summed E-state index contributed by atoms with van der Waals surface area (Å²) in [4.78, 5) is 18.2. The highest BCUT2D eigenvalue weighted by Gasteiger charge is 2.63. The van der Waals surface area contributed by atoms with Gasteiger partial charge in [0.25, 0.3) is 0 Å². The van der Waals surface area contributed by atoms with Gasteiger partial charge in [-0.3, -0.25) is 4.90 Å². The number of rotatable bonds is 7. The van der Waals surface area contributed by atoms with Crippen LogP contribution in [0.2, 0.25) is 0 Å². The van der Waals surface area contributed by atoms with Crippen molar-refractivity contribution in [2.75, 3.05) is 13.7 Å². The lowest BCUT2D eigenvalue weighted by Crippen LogP contribution is -2.59. The van der Waals surface area contributed by atoms with Crippen molar-refractivity contribution in [1.29, 1.82) is 0 Å². The summed E-state index contributed by atoms with van der Waals surface area (Å²) in [5.41, 5.74) is 1.74. The fourth-order valence-electron chi connectivity index (χ4n) is 5.45. The zero-order valence-corrected chi connectivity index (χ0v) is 20.9. The van der Waals surface area contributed by atoms with Crippen LogP contribution in [-0.2, 0) is 15.9 Å². The largest absolute Gasteiger partial charge is 0.497 e. The normalized spacial score (nSPS) is 29.5. The van der Waals surface area contributed by atoms with Gasteiger partial charge >= 0.3 is 6.09 Å². The lowest BCUT2D eigenvalue weighted by molar-refractivity contribution is -0.229. The summed E-state index contributed by atoms with van der Waals surface area (Å²) in [6.45, 7) is 11.0. The smallest absolute Gasteiger partial charge is 0.412 e. The summed E-state index contributed by atoms with van der Waals surface area (Å²) in [5.74, 6) is 0.822. The van der Waals surface area contributed by atoms with Crippen LogP contribution in [-0.4, -0.2) is 46.6 Å². The molecule has 2 aliphatic rings. The minimum atomic E-state index is -0.815. The molecule has 0 spiro atoms. The molecule has 3 heterocycles. The van der Waals surface area contributed by atoms with E-state index in [1.54, 1.807) is 7.11 Å². The van der Waals surface area contributed by atoms with Gasteiger partial charge in [-0.2, -0.15) is 0 Å². The van der Waals surface area contributed by atoms with Crippen molar-refractivity contribution in [3.8, 4) is 5.75 Å². The monoisotopic (exact) mass is 454 g/mol. The quantitative estimate of drug-likeness (QED) is 0.495. The second-order valence-corrected chi connectivity index (χ2v) is 10.4. The summed E-state index contributed by atoms with van der Waals surface area (Å²) in [7, 11) is 1.67. The van der Waals surface area contributed by atoms with E-state index in [2.05, 4.69) is 31.8 Å². The number of nitrogens with one attached hydrogen (secondary N) is 1. The Labute approximate surface area is 197 Å². The Hall–Kier alpha value is -2.47. The first-order valence-electron chi connectivity index (χ1n) is 12.1. The Balaban J connectivity index is 1.57. The Kier molecular flexibility index (Phi) is 6.25. The number of amides is 1. The number of benzene rings is 1. The Morgan fingerprint density at radius 2 is 2.03 bits per heavy atom. The van der Waals surface area contributed by atoms with Gasteiger partial charge in [-0.05, 0) is 96.9 Å². The fraction of sp³-hybridized carbons (Fsp3) is 0.593. The molecule has 0 bridgehead atoms. The summed E-state index contributed by atoms with van der Waals surface area (Å²) >= 11 is 0. The molecule has 1 aromatic heterocycles. The van der Waals surface area contributed by atoms with Gasteiger partial charge in [-0.15, -0.1) is 0 Å². The molecule has 2 saturated heterocycles. The van der Waals surface area contributed by atoms with Crippen molar-refractivity contribution in [2.24, 2.45) is 0 Å². The SMILES string of the molecule is COc1ccc2[nH]cc(CCN3C(=O)O[C@]4(C)CCC[C@@](C)(CCC=C(C)C)O[C@@]34C)c2c1. The summed E-state index contributed by atoms with van der Waals surface area (Å²) < 4.78 is 18.3. The highest BCUT2D eigenvalue weighted by Crippen LogP contribution is 2.49. The number of nitrogens with zero attached hydrogens (tertiary/aromatic N) is 1. The van der Waals surface area contributed by atoms with Crippen LogP contribution < -0.4 is 4.74 Å². The van der Waals surface area contributed by atoms with Crippen LogP contribution in [0, 0.1) is 0 Å². The van der Waals surface area contributed by atoms with Crippen LogP contribution >= 0.6 is 0 Å². The van der Waals surface area contributed by atoms with Crippen molar-refractivity contribution in [1.82, 2.24) is 9.88 Å². The lowest BCUT2D eigenvalue weighted by atomic mass is 9.88. The number of aromatic amines is 1. The predicted molar refractivity (Wildman–Crippen MR) is 131 cm³/mol. The molecule has 0 radical (unpaired) electrons. The Morgan fingerprint density at radius 3 is 2.76 bits per heavy atom. The maximum atomic E-state index is 13.1. The van der Waals surface area contributed by atoms with Crippen molar-refractivity contribution in [2.45, 2.75) is 90.1 Å². The maximum Gasteiger partial charge on any atom is 0.412 e. The van der Waals surface area contributed by atoms with Crippen molar-refractivity contribution < 1.29 is 19.0 Å². The number of aromatic nitrogens is 1. The first kappa shape index (κ1) is 23.7. The standard InChI is InChI=1S/C27H38N2O4/c1-19(2)9-7-13-25(3)14-8-15-26(4)27(5,33-25)29(24(30)32-26)16-12-20-18-28-23-11-10-21(31-6)17-22(20)23/h9-11,17-18,28H,7-8,12-16H2,1-6H3/t25-,26-,27-/m1/s1. The molecular formula is C27H38N2O4. The van der Waals surface area contributed by atoms with Crippen LogP contribution in [0.1, 0.15) is 72.3 Å². The van der Waals surface area contributed by atoms with Gasteiger partial charge in [0.05, 0.1) is 12.7 Å². The Morgan fingerprint density at radius 1 is 1.24 bits per heavy atom. The molecule has 2 aliphatic heterocycles. The predicted octanol–water partition coefficient (Wildman–Crippen LogP) is 6.35. The number of carbonyl (C=O) groups excluding carboxylic acids is 1.